The number of aromatic nitrogens is 2. The van der Waals surface area contributed by atoms with E-state index >= 15 is 0 Å². The van der Waals surface area contributed by atoms with E-state index in [4.69, 9.17) is 4.74 Å². The molecule has 4 heteroatoms. The molecule has 1 saturated carbocycles. The van der Waals surface area contributed by atoms with Crippen molar-refractivity contribution in [3.8, 4) is 17.3 Å². The van der Waals surface area contributed by atoms with Crippen molar-refractivity contribution in [3.63, 3.8) is 0 Å². The third-order valence-electron chi connectivity index (χ3n) is 3.65. The Balaban J connectivity index is 1.90. The molecule has 0 saturated heterocycles. The molecule has 1 aromatic heterocycles. The van der Waals surface area contributed by atoms with Crippen LogP contribution in [-0.4, -0.2) is 23.1 Å². The first kappa shape index (κ1) is 12.9. The average Bonchev–Trinajstić information content (AvgIpc) is 3.00. The van der Waals surface area contributed by atoms with E-state index in [0.717, 1.165) is 11.4 Å². The number of hydrogen-bond donors (Lipinski definition) is 1. The van der Waals surface area contributed by atoms with E-state index in [2.05, 4.69) is 15.3 Å². The molecular formula is C16H19N3O. The Hall–Kier alpha value is -2.10. The highest BCUT2D eigenvalue weighted by molar-refractivity contribution is 5.58. The lowest BCUT2D eigenvalue weighted by molar-refractivity contribution is 0.397. The first-order valence-corrected chi connectivity index (χ1v) is 7.10. The molecule has 0 unspecified atom stereocenters. The van der Waals surface area contributed by atoms with Crippen molar-refractivity contribution in [2.75, 3.05) is 12.4 Å². The molecule has 0 spiro atoms. The monoisotopic (exact) mass is 269 g/mol. The lowest BCUT2D eigenvalue weighted by Crippen LogP contribution is -2.16. The quantitative estimate of drug-likeness (QED) is 0.922. The van der Waals surface area contributed by atoms with Crippen LogP contribution in [0.4, 0.5) is 5.82 Å². The van der Waals surface area contributed by atoms with Gasteiger partial charge in [-0.05, 0) is 12.8 Å². The van der Waals surface area contributed by atoms with Gasteiger partial charge >= 0.3 is 0 Å². The van der Waals surface area contributed by atoms with Gasteiger partial charge in [0.15, 0.2) is 5.82 Å². The van der Waals surface area contributed by atoms with Crippen LogP contribution in [0.15, 0.2) is 36.4 Å². The second-order valence-electron chi connectivity index (χ2n) is 5.11. The van der Waals surface area contributed by atoms with Gasteiger partial charge in [0.25, 0.3) is 0 Å². The van der Waals surface area contributed by atoms with Crippen molar-refractivity contribution in [2.45, 2.75) is 31.7 Å². The maximum atomic E-state index is 5.29. The van der Waals surface area contributed by atoms with Crippen LogP contribution in [0.5, 0.6) is 5.88 Å². The number of benzene rings is 1. The van der Waals surface area contributed by atoms with Gasteiger partial charge in [-0.3, -0.25) is 0 Å². The Morgan fingerprint density at radius 2 is 1.85 bits per heavy atom. The Labute approximate surface area is 119 Å². The number of anilines is 1. The van der Waals surface area contributed by atoms with E-state index in [-0.39, 0.29) is 0 Å². The van der Waals surface area contributed by atoms with E-state index in [1.54, 1.807) is 7.11 Å². The summed E-state index contributed by atoms with van der Waals surface area (Å²) in [4.78, 5) is 9.04. The van der Waals surface area contributed by atoms with E-state index < -0.39 is 0 Å². The fraction of sp³-hybridized carbons (Fsp3) is 0.375. The minimum atomic E-state index is 0.526. The molecule has 3 rings (SSSR count). The second kappa shape index (κ2) is 5.90. The molecule has 1 aromatic carbocycles. The van der Waals surface area contributed by atoms with Gasteiger partial charge in [0.05, 0.1) is 7.11 Å². The summed E-state index contributed by atoms with van der Waals surface area (Å²) in [5.74, 6) is 2.15. The fourth-order valence-corrected chi connectivity index (χ4v) is 2.60. The molecule has 1 aliphatic rings. The molecule has 1 aliphatic carbocycles. The number of ether oxygens (including phenoxy) is 1. The fourth-order valence-electron chi connectivity index (χ4n) is 2.60. The van der Waals surface area contributed by atoms with Crippen LogP contribution in [0, 0.1) is 0 Å². The zero-order chi connectivity index (χ0) is 13.8. The maximum Gasteiger partial charge on any atom is 0.218 e. The number of nitrogens with one attached hydrogen (secondary N) is 1. The molecule has 1 N–H and O–H groups in total. The van der Waals surface area contributed by atoms with Crippen LogP contribution in [0.25, 0.3) is 11.4 Å². The summed E-state index contributed by atoms with van der Waals surface area (Å²) in [5.41, 5.74) is 1.00. The van der Waals surface area contributed by atoms with Crippen molar-refractivity contribution in [2.24, 2.45) is 0 Å². The van der Waals surface area contributed by atoms with E-state index in [0.29, 0.717) is 17.7 Å². The second-order valence-corrected chi connectivity index (χ2v) is 5.11. The lowest BCUT2D eigenvalue weighted by Gasteiger charge is -2.14. The lowest BCUT2D eigenvalue weighted by atomic mass is 10.2. The number of nitrogens with zero attached hydrogens (tertiary/aromatic N) is 2. The third-order valence-corrected chi connectivity index (χ3v) is 3.65. The normalized spacial score (nSPS) is 15.2. The molecule has 20 heavy (non-hydrogen) atoms. The molecule has 0 radical (unpaired) electrons. The summed E-state index contributed by atoms with van der Waals surface area (Å²) in [6, 6.07) is 12.4. The van der Waals surface area contributed by atoms with Crippen LogP contribution in [0.3, 0.4) is 0 Å². The largest absolute Gasteiger partial charge is 0.481 e. The van der Waals surface area contributed by atoms with Crippen molar-refractivity contribution in [3.05, 3.63) is 36.4 Å². The topological polar surface area (TPSA) is 47.0 Å². The highest BCUT2D eigenvalue weighted by Gasteiger charge is 2.16. The molecule has 104 valence electrons. The number of methoxy groups -OCH3 is 1. The van der Waals surface area contributed by atoms with Crippen molar-refractivity contribution in [1.82, 2.24) is 9.97 Å². The minimum absolute atomic E-state index is 0.526. The SMILES string of the molecule is COc1cc(NC2CCCC2)nc(-c2ccccc2)n1. The summed E-state index contributed by atoms with van der Waals surface area (Å²) in [5, 5.41) is 3.49. The molecule has 0 atom stereocenters. The summed E-state index contributed by atoms with van der Waals surface area (Å²) in [7, 11) is 1.64. The molecule has 1 heterocycles. The van der Waals surface area contributed by atoms with Gasteiger partial charge in [0.1, 0.15) is 5.82 Å². The Kier molecular flexibility index (Phi) is 3.81. The first-order valence-electron chi connectivity index (χ1n) is 7.10. The molecule has 4 nitrogen and oxygen atoms in total. The summed E-state index contributed by atoms with van der Waals surface area (Å²) < 4.78 is 5.29. The summed E-state index contributed by atoms with van der Waals surface area (Å²) >= 11 is 0. The van der Waals surface area contributed by atoms with E-state index in [9.17, 15) is 0 Å². The van der Waals surface area contributed by atoms with Crippen LogP contribution in [0.1, 0.15) is 25.7 Å². The van der Waals surface area contributed by atoms with Crippen LogP contribution < -0.4 is 10.1 Å². The highest BCUT2D eigenvalue weighted by atomic mass is 16.5. The van der Waals surface area contributed by atoms with Gasteiger partial charge in [0, 0.05) is 17.7 Å². The Morgan fingerprint density at radius 3 is 2.55 bits per heavy atom. The minimum Gasteiger partial charge on any atom is -0.481 e. The van der Waals surface area contributed by atoms with Crippen molar-refractivity contribution in [1.29, 1.82) is 0 Å². The predicted molar refractivity (Wildman–Crippen MR) is 79.9 cm³/mol. The van der Waals surface area contributed by atoms with Gasteiger partial charge in [-0.15, -0.1) is 0 Å². The van der Waals surface area contributed by atoms with Crippen LogP contribution in [0.2, 0.25) is 0 Å². The van der Waals surface area contributed by atoms with Crippen molar-refractivity contribution < 1.29 is 4.74 Å². The van der Waals surface area contributed by atoms with E-state index in [1.807, 2.05) is 36.4 Å². The maximum absolute atomic E-state index is 5.29. The third kappa shape index (κ3) is 2.90. The van der Waals surface area contributed by atoms with Gasteiger partial charge in [-0.1, -0.05) is 43.2 Å². The average molecular weight is 269 g/mol. The van der Waals surface area contributed by atoms with Crippen LogP contribution in [-0.2, 0) is 0 Å². The standard InChI is InChI=1S/C16H19N3O/c1-20-15-11-14(17-13-9-5-6-10-13)18-16(19-15)12-7-3-2-4-8-12/h2-4,7-8,11,13H,5-6,9-10H2,1H3,(H,17,18,19). The highest BCUT2D eigenvalue weighted by Crippen LogP contribution is 2.25. The van der Waals surface area contributed by atoms with Crippen molar-refractivity contribution >= 4 is 5.82 Å². The predicted octanol–water partition coefficient (Wildman–Crippen LogP) is 3.51. The van der Waals surface area contributed by atoms with Gasteiger partial charge in [-0.2, -0.15) is 4.98 Å². The Morgan fingerprint density at radius 1 is 1.10 bits per heavy atom. The van der Waals surface area contributed by atoms with Gasteiger partial charge in [0.2, 0.25) is 5.88 Å². The number of hydrogen-bond acceptors (Lipinski definition) is 4. The molecule has 0 aliphatic heterocycles. The molecule has 1 fully saturated rings. The first-order chi connectivity index (χ1) is 9.85. The molecule has 0 bridgehead atoms. The molecule has 2 aromatic rings. The summed E-state index contributed by atoms with van der Waals surface area (Å²) in [6.07, 6.45) is 5.02. The Bertz CT molecular complexity index is 565. The van der Waals surface area contributed by atoms with Crippen LogP contribution >= 0.6 is 0 Å². The molecular weight excluding hydrogens is 250 g/mol. The van der Waals surface area contributed by atoms with Gasteiger partial charge < -0.3 is 10.1 Å². The van der Waals surface area contributed by atoms with Gasteiger partial charge in [-0.25, -0.2) is 4.98 Å². The zero-order valence-corrected chi connectivity index (χ0v) is 11.7. The molecule has 0 amide bonds. The summed E-state index contributed by atoms with van der Waals surface area (Å²) in [6.45, 7) is 0. The zero-order valence-electron chi connectivity index (χ0n) is 11.7. The van der Waals surface area contributed by atoms with E-state index in [1.165, 1.54) is 25.7 Å². The number of rotatable bonds is 4. The smallest absolute Gasteiger partial charge is 0.218 e.